The molecule has 3 aromatic carbocycles. The van der Waals surface area contributed by atoms with Crippen molar-refractivity contribution in [2.45, 2.75) is 68.7 Å². The van der Waals surface area contributed by atoms with Crippen molar-refractivity contribution in [2.24, 2.45) is 0 Å². The van der Waals surface area contributed by atoms with Crippen LogP contribution in [-0.2, 0) is 37.4 Å². The van der Waals surface area contributed by atoms with Gasteiger partial charge in [0.05, 0.1) is 4.90 Å². The van der Waals surface area contributed by atoms with E-state index in [2.05, 4.69) is 17.9 Å². The molecule has 0 heterocycles. The second-order valence-electron chi connectivity index (χ2n) is 10.9. The minimum absolute atomic E-state index is 0.0125. The number of nitrogens with one attached hydrogen (secondary N) is 2. The van der Waals surface area contributed by atoms with E-state index in [0.29, 0.717) is 24.4 Å². The maximum absolute atomic E-state index is 15.5. The highest BCUT2D eigenvalue weighted by Gasteiger charge is 2.24. The maximum Gasteiger partial charge on any atom is 0.264 e. The molecule has 0 saturated heterocycles. The minimum atomic E-state index is -4.37. The monoisotopic (exact) mass is 691 g/mol. The number of sulfonamides is 1. The fraction of sp³-hybridized carbons (Fsp3) is 0.364. The maximum atomic E-state index is 15.5. The predicted octanol–water partition coefficient (Wildman–Crippen LogP) is 4.90. The van der Waals surface area contributed by atoms with E-state index in [1.165, 1.54) is 35.2 Å². The summed E-state index contributed by atoms with van der Waals surface area (Å²) >= 11 is 10.6. The molecule has 0 saturated carbocycles. The average Bonchev–Trinajstić information content (AvgIpc) is 3.01. The van der Waals surface area contributed by atoms with E-state index in [1.54, 1.807) is 12.1 Å². The summed E-state index contributed by atoms with van der Waals surface area (Å²) in [7, 11) is -4.37. The number of hydrogen-bond acceptors (Lipinski definition) is 7. The molecule has 0 aromatic heterocycles. The van der Waals surface area contributed by atoms with E-state index >= 15 is 4.39 Å². The number of benzene rings is 3. The van der Waals surface area contributed by atoms with E-state index in [4.69, 9.17) is 11.6 Å². The Labute approximate surface area is 280 Å². The molecule has 13 heteroatoms. The SMILES string of the molecule is CCCCC(=O)N(CCC(=O)NC[C@H](S)Cc1cccc(Cl)c1)Cc1ccc(-c2ccccc2S(=O)(=O)NC(=O)[C@H](C)O)cc1F. The first-order valence-electron chi connectivity index (χ1n) is 14.9. The highest BCUT2D eigenvalue weighted by molar-refractivity contribution is 7.90. The number of aliphatic hydroxyl groups is 1. The summed E-state index contributed by atoms with van der Waals surface area (Å²) in [6.07, 6.45) is 0.753. The number of carbonyl (C=O) groups is 3. The van der Waals surface area contributed by atoms with E-state index in [1.807, 2.05) is 29.8 Å². The molecule has 0 fully saturated rings. The summed E-state index contributed by atoms with van der Waals surface area (Å²) in [6, 6.07) is 17.3. The molecule has 248 valence electrons. The molecule has 0 aliphatic carbocycles. The van der Waals surface area contributed by atoms with Gasteiger partial charge in [-0.15, -0.1) is 0 Å². The zero-order valence-electron chi connectivity index (χ0n) is 25.7. The molecule has 9 nitrogen and oxygen atoms in total. The van der Waals surface area contributed by atoms with Gasteiger partial charge in [-0.3, -0.25) is 14.4 Å². The van der Waals surface area contributed by atoms with Gasteiger partial charge in [0.1, 0.15) is 11.9 Å². The van der Waals surface area contributed by atoms with Crippen LogP contribution in [0.4, 0.5) is 4.39 Å². The van der Waals surface area contributed by atoms with E-state index < -0.39 is 27.9 Å². The Kier molecular flexibility index (Phi) is 14.1. The zero-order chi connectivity index (χ0) is 33.9. The van der Waals surface area contributed by atoms with E-state index in [0.717, 1.165) is 25.0 Å². The average molecular weight is 692 g/mol. The van der Waals surface area contributed by atoms with Crippen LogP contribution in [0.3, 0.4) is 0 Å². The smallest absolute Gasteiger partial charge is 0.264 e. The predicted molar refractivity (Wildman–Crippen MR) is 179 cm³/mol. The summed E-state index contributed by atoms with van der Waals surface area (Å²) < 4.78 is 43.1. The van der Waals surface area contributed by atoms with Crippen molar-refractivity contribution in [3.8, 4) is 11.1 Å². The largest absolute Gasteiger partial charge is 0.384 e. The summed E-state index contributed by atoms with van der Waals surface area (Å²) in [4.78, 5) is 38.8. The number of hydrogen-bond donors (Lipinski definition) is 4. The molecule has 3 amide bonds. The van der Waals surface area contributed by atoms with E-state index in [-0.39, 0.29) is 64.6 Å². The van der Waals surface area contributed by atoms with Crippen molar-refractivity contribution in [1.29, 1.82) is 0 Å². The van der Waals surface area contributed by atoms with Crippen LogP contribution in [0, 0.1) is 5.82 Å². The molecule has 0 spiro atoms. The Morgan fingerprint density at radius 2 is 1.78 bits per heavy atom. The molecule has 0 radical (unpaired) electrons. The summed E-state index contributed by atoms with van der Waals surface area (Å²) in [5, 5.41) is 12.8. The number of thiol groups is 1. The van der Waals surface area contributed by atoms with Crippen LogP contribution in [0.2, 0.25) is 5.02 Å². The van der Waals surface area contributed by atoms with Gasteiger partial charge in [0.25, 0.3) is 15.9 Å². The molecule has 2 atom stereocenters. The summed E-state index contributed by atoms with van der Waals surface area (Å²) in [5.41, 5.74) is 1.56. The van der Waals surface area contributed by atoms with Gasteiger partial charge in [-0.25, -0.2) is 17.5 Å². The third-order valence-electron chi connectivity index (χ3n) is 7.12. The first kappa shape index (κ1) is 37.0. The summed E-state index contributed by atoms with van der Waals surface area (Å²) in [5.74, 6) is -2.25. The molecule has 0 unspecified atom stereocenters. The van der Waals surface area contributed by atoms with Crippen LogP contribution in [0.5, 0.6) is 0 Å². The van der Waals surface area contributed by atoms with Crippen molar-refractivity contribution >= 4 is 52.0 Å². The number of nitrogens with zero attached hydrogens (tertiary/aromatic N) is 1. The Morgan fingerprint density at radius 1 is 1.04 bits per heavy atom. The van der Waals surface area contributed by atoms with Crippen molar-refractivity contribution in [1.82, 2.24) is 14.9 Å². The second kappa shape index (κ2) is 17.5. The second-order valence-corrected chi connectivity index (χ2v) is 13.7. The van der Waals surface area contributed by atoms with E-state index in [9.17, 15) is 27.9 Å². The van der Waals surface area contributed by atoms with Gasteiger partial charge in [0.2, 0.25) is 11.8 Å². The van der Waals surface area contributed by atoms with Crippen LogP contribution in [0.25, 0.3) is 11.1 Å². The zero-order valence-corrected chi connectivity index (χ0v) is 28.2. The standard InChI is InChI=1S/C33H39ClFN3O6S2/c1-3-4-12-32(41)38(16-15-31(40)36-20-27(45)18-23-8-7-9-26(34)17-23)21-25-14-13-24(19-29(25)35)28-10-5-6-11-30(28)46(43,44)37-33(42)22(2)39/h5-11,13-14,17,19,22,27,39,45H,3-4,12,15-16,18,20-21H2,1-2H3,(H,36,40)(H,37,42)/t22-,27+/m0/s1. The van der Waals surface area contributed by atoms with Gasteiger partial charge in [-0.2, -0.15) is 12.6 Å². The Bertz CT molecular complexity index is 1640. The normalized spacial score (nSPS) is 12.7. The topological polar surface area (TPSA) is 133 Å². The van der Waals surface area contributed by atoms with Crippen LogP contribution in [-0.4, -0.2) is 60.6 Å². The number of amides is 3. The van der Waals surface area contributed by atoms with Crippen molar-refractivity contribution < 1.29 is 32.3 Å². The van der Waals surface area contributed by atoms with Gasteiger partial charge < -0.3 is 15.3 Å². The molecule has 3 aromatic rings. The molecule has 0 bridgehead atoms. The lowest BCUT2D eigenvalue weighted by molar-refractivity contribution is -0.132. The summed E-state index contributed by atoms with van der Waals surface area (Å²) in [6.45, 7) is 3.39. The molecule has 0 aliphatic rings. The first-order valence-corrected chi connectivity index (χ1v) is 17.3. The quantitative estimate of drug-likeness (QED) is 0.158. The molecule has 3 N–H and O–H groups in total. The molecular formula is C33H39ClFN3O6S2. The number of aliphatic hydroxyl groups excluding tert-OH is 1. The van der Waals surface area contributed by atoms with Gasteiger partial charge in [-0.1, -0.05) is 67.4 Å². The first-order chi connectivity index (χ1) is 21.8. The molecule has 46 heavy (non-hydrogen) atoms. The highest BCUT2D eigenvalue weighted by Crippen LogP contribution is 2.29. The number of carbonyl (C=O) groups excluding carboxylic acids is 3. The highest BCUT2D eigenvalue weighted by atomic mass is 35.5. The van der Waals surface area contributed by atoms with Crippen LogP contribution >= 0.6 is 24.2 Å². The minimum Gasteiger partial charge on any atom is -0.384 e. The number of unbranched alkanes of at least 4 members (excludes halogenated alkanes) is 1. The van der Waals surface area contributed by atoms with Crippen LogP contribution in [0.1, 0.15) is 50.7 Å². The Hall–Kier alpha value is -3.45. The molecule has 0 aliphatic heterocycles. The van der Waals surface area contributed by atoms with Gasteiger partial charge in [0.15, 0.2) is 0 Å². The van der Waals surface area contributed by atoms with Gasteiger partial charge in [-0.05, 0) is 55.2 Å². The number of rotatable bonds is 16. The fourth-order valence-electron chi connectivity index (χ4n) is 4.60. The van der Waals surface area contributed by atoms with Crippen molar-refractivity contribution in [3.05, 3.63) is 88.7 Å². The Balaban J connectivity index is 1.71. The van der Waals surface area contributed by atoms with Crippen LogP contribution in [0.15, 0.2) is 71.6 Å². The fourth-order valence-corrected chi connectivity index (χ4v) is 6.40. The van der Waals surface area contributed by atoms with Crippen molar-refractivity contribution in [2.75, 3.05) is 13.1 Å². The lowest BCUT2D eigenvalue weighted by atomic mass is 10.0. The number of halogens is 2. The lowest BCUT2D eigenvalue weighted by Crippen LogP contribution is -2.37. The molecular weight excluding hydrogens is 653 g/mol. The van der Waals surface area contributed by atoms with Crippen molar-refractivity contribution in [3.63, 3.8) is 0 Å². The Morgan fingerprint density at radius 3 is 2.46 bits per heavy atom. The third kappa shape index (κ3) is 11.1. The molecule has 3 rings (SSSR count). The van der Waals surface area contributed by atoms with Gasteiger partial charge >= 0.3 is 0 Å². The van der Waals surface area contributed by atoms with Crippen LogP contribution < -0.4 is 10.0 Å². The van der Waals surface area contributed by atoms with Gasteiger partial charge in [0, 0.05) is 53.9 Å². The lowest BCUT2D eigenvalue weighted by Gasteiger charge is -2.23. The third-order valence-corrected chi connectivity index (χ3v) is 9.12.